The van der Waals surface area contributed by atoms with Crippen molar-refractivity contribution in [1.29, 1.82) is 0 Å². The molecule has 0 amide bonds. The van der Waals surface area contributed by atoms with Crippen LogP contribution in [0.1, 0.15) is 45.4 Å². The van der Waals surface area contributed by atoms with E-state index >= 15 is 0 Å². The zero-order chi connectivity index (χ0) is 12.5. The molecule has 0 aliphatic carbocycles. The lowest BCUT2D eigenvalue weighted by molar-refractivity contribution is -0.671. The molecule has 0 saturated heterocycles. The Kier molecular flexibility index (Phi) is 6.37. The summed E-state index contributed by atoms with van der Waals surface area (Å²) in [6.45, 7) is 2.50. The molecule has 4 nitrogen and oxygen atoms in total. The lowest BCUT2D eigenvalue weighted by Gasteiger charge is -2.02. The monoisotopic (exact) mass is 239 g/mol. The first-order chi connectivity index (χ1) is 8.22. The summed E-state index contributed by atoms with van der Waals surface area (Å²) in [6, 6.07) is 0. The van der Waals surface area contributed by atoms with Crippen molar-refractivity contribution in [3.05, 3.63) is 18.7 Å². The lowest BCUT2D eigenvalue weighted by Crippen LogP contribution is -2.24. The molecule has 0 saturated carbocycles. The van der Waals surface area contributed by atoms with Gasteiger partial charge >= 0.3 is 5.97 Å². The SMILES string of the molecule is CCCCCCCC(=O)OCn1cc[n+](C)c1. The highest BCUT2D eigenvalue weighted by atomic mass is 16.5. The van der Waals surface area contributed by atoms with Gasteiger partial charge in [0.25, 0.3) is 0 Å². The Morgan fingerprint density at radius 2 is 2.06 bits per heavy atom. The van der Waals surface area contributed by atoms with Crippen molar-refractivity contribution in [2.75, 3.05) is 0 Å². The number of ether oxygens (including phenoxy) is 1. The number of hydrogen-bond donors (Lipinski definition) is 0. The molecule has 17 heavy (non-hydrogen) atoms. The molecule has 0 bridgehead atoms. The molecule has 0 N–H and O–H groups in total. The summed E-state index contributed by atoms with van der Waals surface area (Å²) >= 11 is 0. The number of unbranched alkanes of at least 4 members (excludes halogenated alkanes) is 4. The van der Waals surface area contributed by atoms with E-state index in [0.29, 0.717) is 13.2 Å². The number of esters is 1. The number of aryl methyl sites for hydroxylation is 1. The number of aromatic nitrogens is 2. The highest BCUT2D eigenvalue weighted by molar-refractivity contribution is 5.69. The predicted molar refractivity (Wildman–Crippen MR) is 65.1 cm³/mol. The van der Waals surface area contributed by atoms with Gasteiger partial charge in [0.1, 0.15) is 12.4 Å². The second-order valence-electron chi connectivity index (χ2n) is 4.40. The first kappa shape index (κ1) is 13.7. The molecule has 0 atom stereocenters. The van der Waals surface area contributed by atoms with Gasteiger partial charge in [0, 0.05) is 6.42 Å². The Morgan fingerprint density at radius 3 is 2.71 bits per heavy atom. The summed E-state index contributed by atoms with van der Waals surface area (Å²) in [6.07, 6.45) is 12.0. The largest absolute Gasteiger partial charge is 0.425 e. The fraction of sp³-hybridized carbons (Fsp3) is 0.692. The normalized spacial score (nSPS) is 10.5. The van der Waals surface area contributed by atoms with Crippen LogP contribution >= 0.6 is 0 Å². The van der Waals surface area contributed by atoms with E-state index in [1.807, 2.05) is 34.9 Å². The average Bonchev–Trinajstić information content (AvgIpc) is 2.72. The van der Waals surface area contributed by atoms with Crippen molar-refractivity contribution in [1.82, 2.24) is 4.57 Å². The highest BCUT2D eigenvalue weighted by Crippen LogP contribution is 2.05. The standard InChI is InChI=1S/C13H23N2O2/c1-3-4-5-6-7-8-13(16)17-12-15-10-9-14(2)11-15/h9-11H,3-8,12H2,1-2H3/q+1. The first-order valence-electron chi connectivity index (χ1n) is 6.39. The highest BCUT2D eigenvalue weighted by Gasteiger charge is 2.05. The van der Waals surface area contributed by atoms with E-state index in [2.05, 4.69) is 6.92 Å². The van der Waals surface area contributed by atoms with Gasteiger partial charge < -0.3 is 4.74 Å². The van der Waals surface area contributed by atoms with Gasteiger partial charge in [-0.05, 0) is 6.42 Å². The quantitative estimate of drug-likeness (QED) is 0.396. The summed E-state index contributed by atoms with van der Waals surface area (Å²) < 4.78 is 8.92. The molecule has 0 radical (unpaired) electrons. The molecule has 0 spiro atoms. The van der Waals surface area contributed by atoms with Crippen LogP contribution in [0.25, 0.3) is 0 Å². The summed E-state index contributed by atoms with van der Waals surface area (Å²) in [5.74, 6) is -0.0992. The van der Waals surface area contributed by atoms with Gasteiger partial charge in [0.2, 0.25) is 13.1 Å². The topological polar surface area (TPSA) is 35.1 Å². The van der Waals surface area contributed by atoms with E-state index in [4.69, 9.17) is 4.74 Å². The molecule has 1 heterocycles. The van der Waals surface area contributed by atoms with E-state index in [9.17, 15) is 4.79 Å². The van der Waals surface area contributed by atoms with E-state index in [1.54, 1.807) is 0 Å². The third-order valence-electron chi connectivity index (χ3n) is 2.68. The zero-order valence-electron chi connectivity index (χ0n) is 10.9. The number of carbonyl (C=O) groups excluding carboxylic acids is 1. The Morgan fingerprint density at radius 1 is 1.29 bits per heavy atom. The molecule has 0 aliphatic rings. The molecule has 0 fully saturated rings. The second-order valence-corrected chi connectivity index (χ2v) is 4.40. The molecule has 1 rings (SSSR count). The summed E-state index contributed by atoms with van der Waals surface area (Å²) in [7, 11) is 1.94. The first-order valence-corrected chi connectivity index (χ1v) is 6.39. The number of nitrogens with zero attached hydrogens (tertiary/aromatic N) is 2. The van der Waals surface area contributed by atoms with Crippen LogP contribution in [0.2, 0.25) is 0 Å². The smallest absolute Gasteiger partial charge is 0.308 e. The number of rotatable bonds is 8. The minimum Gasteiger partial charge on any atom is -0.425 e. The minimum atomic E-state index is -0.0992. The second kappa shape index (κ2) is 7.87. The molecule has 1 aromatic rings. The fourth-order valence-electron chi connectivity index (χ4n) is 1.67. The van der Waals surface area contributed by atoms with Crippen LogP contribution in [0, 0.1) is 0 Å². The molecular formula is C13H23N2O2+. The molecule has 1 aromatic heterocycles. The van der Waals surface area contributed by atoms with E-state index in [-0.39, 0.29) is 5.97 Å². The maximum Gasteiger partial charge on any atom is 0.308 e. The Labute approximate surface area is 103 Å². The summed E-state index contributed by atoms with van der Waals surface area (Å²) in [4.78, 5) is 11.4. The van der Waals surface area contributed by atoms with Crippen LogP contribution in [0.3, 0.4) is 0 Å². The average molecular weight is 239 g/mol. The van der Waals surface area contributed by atoms with Crippen molar-refractivity contribution in [2.24, 2.45) is 7.05 Å². The van der Waals surface area contributed by atoms with Crippen LogP contribution in [-0.2, 0) is 23.3 Å². The summed E-state index contributed by atoms with van der Waals surface area (Å²) in [5, 5.41) is 0. The van der Waals surface area contributed by atoms with Crippen LogP contribution in [0.5, 0.6) is 0 Å². The minimum absolute atomic E-state index is 0.0992. The maximum atomic E-state index is 11.4. The number of imidazole rings is 1. The van der Waals surface area contributed by atoms with Gasteiger partial charge in [-0.2, -0.15) is 0 Å². The molecule has 0 unspecified atom stereocenters. The number of hydrogen-bond acceptors (Lipinski definition) is 2. The zero-order valence-corrected chi connectivity index (χ0v) is 10.9. The molecule has 0 aliphatic heterocycles. The van der Waals surface area contributed by atoms with E-state index in [0.717, 1.165) is 12.8 Å². The van der Waals surface area contributed by atoms with Crippen LogP contribution in [-0.4, -0.2) is 10.5 Å². The predicted octanol–water partition coefficient (Wildman–Crippen LogP) is 2.17. The molecule has 96 valence electrons. The maximum absolute atomic E-state index is 11.4. The van der Waals surface area contributed by atoms with Gasteiger partial charge in [-0.25, -0.2) is 9.13 Å². The summed E-state index contributed by atoms with van der Waals surface area (Å²) in [5.41, 5.74) is 0. The van der Waals surface area contributed by atoms with Gasteiger partial charge in [-0.15, -0.1) is 0 Å². The van der Waals surface area contributed by atoms with Gasteiger partial charge in [0.15, 0.2) is 0 Å². The fourth-order valence-corrected chi connectivity index (χ4v) is 1.67. The third kappa shape index (κ3) is 6.09. The lowest BCUT2D eigenvalue weighted by atomic mass is 10.1. The van der Waals surface area contributed by atoms with Gasteiger partial charge in [-0.1, -0.05) is 32.6 Å². The molecule has 0 aromatic carbocycles. The van der Waals surface area contributed by atoms with Gasteiger partial charge in [0.05, 0.1) is 7.05 Å². The van der Waals surface area contributed by atoms with Gasteiger partial charge in [-0.3, -0.25) is 4.79 Å². The van der Waals surface area contributed by atoms with Crippen LogP contribution in [0.15, 0.2) is 18.7 Å². The van der Waals surface area contributed by atoms with Crippen molar-refractivity contribution in [3.8, 4) is 0 Å². The van der Waals surface area contributed by atoms with Crippen molar-refractivity contribution in [2.45, 2.75) is 52.2 Å². The third-order valence-corrected chi connectivity index (χ3v) is 2.68. The van der Waals surface area contributed by atoms with Crippen molar-refractivity contribution in [3.63, 3.8) is 0 Å². The van der Waals surface area contributed by atoms with Crippen LogP contribution in [0.4, 0.5) is 0 Å². The molecule has 4 heteroatoms. The number of carbonyl (C=O) groups is 1. The Balaban J connectivity index is 2.05. The van der Waals surface area contributed by atoms with Crippen LogP contribution < -0.4 is 4.57 Å². The van der Waals surface area contributed by atoms with Crippen molar-refractivity contribution < 1.29 is 14.1 Å². The molecular weight excluding hydrogens is 216 g/mol. The van der Waals surface area contributed by atoms with Crippen molar-refractivity contribution >= 4 is 5.97 Å². The Bertz CT molecular complexity index is 334. The van der Waals surface area contributed by atoms with E-state index < -0.39 is 0 Å². The Hall–Kier alpha value is -1.32. The van der Waals surface area contributed by atoms with E-state index in [1.165, 1.54) is 19.3 Å².